The molecule has 0 aliphatic carbocycles. The smallest absolute Gasteiger partial charge is 0.250 e. The largest absolute Gasteiger partial charge is 0.311 e. The minimum absolute atomic E-state index is 0.00564. The Morgan fingerprint density at radius 3 is 2.67 bits per heavy atom. The maximum absolute atomic E-state index is 11.5. The predicted molar refractivity (Wildman–Crippen MR) is 69.2 cm³/mol. The van der Waals surface area contributed by atoms with E-state index in [0.29, 0.717) is 0 Å². The summed E-state index contributed by atoms with van der Waals surface area (Å²) in [7, 11) is 3.62. The first-order valence-corrected chi connectivity index (χ1v) is 5.61. The summed E-state index contributed by atoms with van der Waals surface area (Å²) >= 11 is 0. The van der Waals surface area contributed by atoms with Gasteiger partial charge in [0.2, 0.25) is 0 Å². The number of pyridine rings is 1. The van der Waals surface area contributed by atoms with Gasteiger partial charge in [0.1, 0.15) is 6.33 Å². The van der Waals surface area contributed by atoms with Gasteiger partial charge in [0, 0.05) is 25.7 Å². The minimum Gasteiger partial charge on any atom is -0.311 e. The molecule has 0 unspecified atom stereocenters. The number of nitrogens with zero attached hydrogens (tertiary/aromatic N) is 4. The summed E-state index contributed by atoms with van der Waals surface area (Å²) in [5.41, 5.74) is 1.89. The maximum atomic E-state index is 11.5. The van der Waals surface area contributed by atoms with E-state index in [4.69, 9.17) is 0 Å². The number of hydrogen-bond acceptors (Lipinski definition) is 3. The molecule has 0 atom stereocenters. The fourth-order valence-electron chi connectivity index (χ4n) is 2.08. The lowest BCUT2D eigenvalue weighted by atomic mass is 10.1. The molecular formula is C13H12N4O. The third kappa shape index (κ3) is 1.52. The molecule has 90 valence electrons. The van der Waals surface area contributed by atoms with E-state index in [1.54, 1.807) is 22.4 Å². The van der Waals surface area contributed by atoms with Crippen LogP contribution in [0.3, 0.4) is 0 Å². The van der Waals surface area contributed by atoms with Crippen LogP contribution >= 0.6 is 0 Å². The summed E-state index contributed by atoms with van der Waals surface area (Å²) in [4.78, 5) is 15.8. The van der Waals surface area contributed by atoms with E-state index < -0.39 is 0 Å². The number of aromatic nitrogens is 4. The van der Waals surface area contributed by atoms with Crippen LogP contribution in [0.15, 0.2) is 41.5 Å². The van der Waals surface area contributed by atoms with Gasteiger partial charge in [0.25, 0.3) is 5.56 Å². The standard InChI is InChI=1S/C13H12N4O/c1-16-11-5-3-10(13-14-8-15-17(13)2)7-9(11)4-6-12(16)18/h3-8H,1-2H3. The van der Waals surface area contributed by atoms with Crippen LogP contribution in [0.4, 0.5) is 0 Å². The molecule has 0 N–H and O–H groups in total. The Labute approximate surface area is 103 Å². The fraction of sp³-hybridized carbons (Fsp3) is 0.154. The van der Waals surface area contributed by atoms with Crippen molar-refractivity contribution in [3.05, 3.63) is 47.0 Å². The average Bonchev–Trinajstić information content (AvgIpc) is 2.80. The zero-order valence-corrected chi connectivity index (χ0v) is 10.2. The number of fused-ring (bicyclic) bond motifs is 1. The Morgan fingerprint density at radius 2 is 1.94 bits per heavy atom. The molecule has 2 aromatic heterocycles. The second-order valence-corrected chi connectivity index (χ2v) is 4.21. The first-order chi connectivity index (χ1) is 8.66. The van der Waals surface area contributed by atoms with E-state index in [9.17, 15) is 4.79 Å². The summed E-state index contributed by atoms with van der Waals surface area (Å²) < 4.78 is 3.36. The van der Waals surface area contributed by atoms with Gasteiger partial charge in [-0.2, -0.15) is 5.10 Å². The molecule has 5 heteroatoms. The quantitative estimate of drug-likeness (QED) is 0.645. The molecule has 3 rings (SSSR count). The molecule has 18 heavy (non-hydrogen) atoms. The third-order valence-electron chi connectivity index (χ3n) is 3.09. The zero-order valence-electron chi connectivity index (χ0n) is 10.2. The Morgan fingerprint density at radius 1 is 1.11 bits per heavy atom. The van der Waals surface area contributed by atoms with Gasteiger partial charge < -0.3 is 4.57 Å². The van der Waals surface area contributed by atoms with Crippen LogP contribution in [-0.2, 0) is 14.1 Å². The van der Waals surface area contributed by atoms with Crippen molar-refractivity contribution in [2.75, 3.05) is 0 Å². The first-order valence-electron chi connectivity index (χ1n) is 5.61. The summed E-state index contributed by atoms with van der Waals surface area (Å²) in [6, 6.07) is 9.30. The normalized spacial score (nSPS) is 11.0. The van der Waals surface area contributed by atoms with Gasteiger partial charge in [0.05, 0.1) is 5.52 Å². The van der Waals surface area contributed by atoms with E-state index in [1.165, 1.54) is 6.33 Å². The predicted octanol–water partition coefficient (Wildman–Crippen LogP) is 1.33. The lowest BCUT2D eigenvalue weighted by molar-refractivity contribution is 0.774. The molecule has 0 aliphatic heterocycles. The SMILES string of the molecule is Cn1ncnc1-c1ccc2c(ccc(=O)n2C)c1. The summed E-state index contributed by atoms with van der Waals surface area (Å²) in [6.45, 7) is 0. The Balaban J connectivity index is 2.27. The molecule has 0 fully saturated rings. The van der Waals surface area contributed by atoms with Gasteiger partial charge in [-0.1, -0.05) is 0 Å². The molecule has 0 saturated heterocycles. The van der Waals surface area contributed by atoms with Gasteiger partial charge in [-0.3, -0.25) is 4.79 Å². The van der Waals surface area contributed by atoms with Crippen LogP contribution in [-0.4, -0.2) is 19.3 Å². The van der Waals surface area contributed by atoms with Gasteiger partial charge in [-0.25, -0.2) is 9.67 Å². The lowest BCUT2D eigenvalue weighted by Gasteiger charge is -2.06. The first kappa shape index (κ1) is 10.7. The number of aryl methyl sites for hydroxylation is 2. The van der Waals surface area contributed by atoms with Crippen molar-refractivity contribution in [1.29, 1.82) is 0 Å². The van der Waals surface area contributed by atoms with E-state index in [-0.39, 0.29) is 5.56 Å². The van der Waals surface area contributed by atoms with Gasteiger partial charge in [0.15, 0.2) is 5.82 Å². The van der Waals surface area contributed by atoms with Crippen LogP contribution in [0.1, 0.15) is 0 Å². The topological polar surface area (TPSA) is 52.7 Å². The molecule has 0 saturated carbocycles. The van der Waals surface area contributed by atoms with Crippen molar-refractivity contribution in [3.63, 3.8) is 0 Å². The van der Waals surface area contributed by atoms with Crippen LogP contribution < -0.4 is 5.56 Å². The van der Waals surface area contributed by atoms with E-state index in [0.717, 1.165) is 22.3 Å². The lowest BCUT2D eigenvalue weighted by Crippen LogP contribution is -2.14. The van der Waals surface area contributed by atoms with Crippen LogP contribution in [0.25, 0.3) is 22.3 Å². The van der Waals surface area contributed by atoms with E-state index in [1.807, 2.05) is 31.3 Å². The second-order valence-electron chi connectivity index (χ2n) is 4.21. The highest BCUT2D eigenvalue weighted by Crippen LogP contribution is 2.21. The third-order valence-corrected chi connectivity index (χ3v) is 3.09. The minimum atomic E-state index is -0.00564. The van der Waals surface area contributed by atoms with Crippen molar-refractivity contribution in [3.8, 4) is 11.4 Å². The van der Waals surface area contributed by atoms with E-state index >= 15 is 0 Å². The monoisotopic (exact) mass is 240 g/mol. The van der Waals surface area contributed by atoms with Gasteiger partial charge >= 0.3 is 0 Å². The average molecular weight is 240 g/mol. The van der Waals surface area contributed by atoms with Crippen LogP contribution in [0.5, 0.6) is 0 Å². The summed E-state index contributed by atoms with van der Waals surface area (Å²) in [5, 5.41) is 5.07. The summed E-state index contributed by atoms with van der Waals surface area (Å²) in [6.07, 6.45) is 1.53. The molecule has 0 amide bonds. The molecule has 2 heterocycles. The van der Waals surface area contributed by atoms with Crippen molar-refractivity contribution in [2.45, 2.75) is 0 Å². The van der Waals surface area contributed by atoms with Crippen molar-refractivity contribution in [1.82, 2.24) is 19.3 Å². The molecule has 3 aromatic rings. The van der Waals surface area contributed by atoms with Crippen LogP contribution in [0.2, 0.25) is 0 Å². The number of hydrogen-bond donors (Lipinski definition) is 0. The zero-order chi connectivity index (χ0) is 12.7. The molecule has 0 radical (unpaired) electrons. The fourth-order valence-corrected chi connectivity index (χ4v) is 2.08. The van der Waals surface area contributed by atoms with Crippen molar-refractivity contribution >= 4 is 10.9 Å². The highest BCUT2D eigenvalue weighted by molar-refractivity contribution is 5.83. The van der Waals surface area contributed by atoms with Crippen molar-refractivity contribution in [2.24, 2.45) is 14.1 Å². The summed E-state index contributed by atoms with van der Waals surface area (Å²) in [5.74, 6) is 0.811. The maximum Gasteiger partial charge on any atom is 0.250 e. The molecule has 0 spiro atoms. The Hall–Kier alpha value is -2.43. The highest BCUT2D eigenvalue weighted by atomic mass is 16.1. The van der Waals surface area contributed by atoms with Gasteiger partial charge in [-0.15, -0.1) is 0 Å². The molecule has 5 nitrogen and oxygen atoms in total. The Bertz CT molecular complexity index is 785. The number of benzene rings is 1. The molecular weight excluding hydrogens is 228 g/mol. The molecule has 0 bridgehead atoms. The molecule has 0 aliphatic rings. The number of rotatable bonds is 1. The second kappa shape index (κ2) is 3.80. The van der Waals surface area contributed by atoms with E-state index in [2.05, 4.69) is 10.1 Å². The van der Waals surface area contributed by atoms with Gasteiger partial charge in [-0.05, 0) is 29.7 Å². The Kier molecular flexibility index (Phi) is 2.26. The highest BCUT2D eigenvalue weighted by Gasteiger charge is 2.06. The molecule has 1 aromatic carbocycles. The van der Waals surface area contributed by atoms with Crippen LogP contribution in [0, 0.1) is 0 Å². The van der Waals surface area contributed by atoms with Crippen molar-refractivity contribution < 1.29 is 0 Å².